The van der Waals surface area contributed by atoms with E-state index < -0.39 is 0 Å². The van der Waals surface area contributed by atoms with Crippen LogP contribution in [0.1, 0.15) is 30.1 Å². The van der Waals surface area contributed by atoms with Crippen molar-refractivity contribution in [1.82, 2.24) is 10.3 Å². The minimum absolute atomic E-state index is 0.334. The molecule has 2 unspecified atom stereocenters. The van der Waals surface area contributed by atoms with Gasteiger partial charge in [-0.1, -0.05) is 13.0 Å². The van der Waals surface area contributed by atoms with Gasteiger partial charge in [0.05, 0.1) is 0 Å². The van der Waals surface area contributed by atoms with Crippen molar-refractivity contribution in [3.05, 3.63) is 52.5 Å². The fourth-order valence-corrected chi connectivity index (χ4v) is 2.67. The molecule has 0 aliphatic rings. The van der Waals surface area contributed by atoms with Crippen LogP contribution in [0.3, 0.4) is 0 Å². The van der Waals surface area contributed by atoms with Crippen molar-refractivity contribution in [3.8, 4) is 0 Å². The molecule has 2 atom stereocenters. The standard InChI is InChI=1S/C13H16N2S/c1-10(12-5-3-4-7-15-12)13(14-2)11-6-8-16-9-11/h3-10,13-14H,1-2H3. The molecule has 1 N–H and O–H groups in total. The van der Waals surface area contributed by atoms with Gasteiger partial charge in [-0.15, -0.1) is 0 Å². The Bertz CT molecular complexity index is 411. The SMILES string of the molecule is CNC(c1ccsc1)C(C)c1ccccn1. The Labute approximate surface area is 100 Å². The number of nitrogens with zero attached hydrogens (tertiary/aromatic N) is 1. The van der Waals surface area contributed by atoms with Gasteiger partial charge in [-0.05, 0) is 41.6 Å². The van der Waals surface area contributed by atoms with Crippen LogP contribution in [0.4, 0.5) is 0 Å². The summed E-state index contributed by atoms with van der Waals surface area (Å²) in [5.74, 6) is 0.376. The molecule has 0 aromatic carbocycles. The van der Waals surface area contributed by atoms with E-state index in [-0.39, 0.29) is 0 Å². The molecular formula is C13H16N2S. The molecule has 2 rings (SSSR count). The molecular weight excluding hydrogens is 216 g/mol. The van der Waals surface area contributed by atoms with Gasteiger partial charge in [-0.3, -0.25) is 4.98 Å². The predicted molar refractivity (Wildman–Crippen MR) is 68.8 cm³/mol. The minimum Gasteiger partial charge on any atom is -0.312 e. The molecule has 3 heteroatoms. The first-order valence-electron chi connectivity index (χ1n) is 5.43. The largest absolute Gasteiger partial charge is 0.312 e. The smallest absolute Gasteiger partial charge is 0.0450 e. The van der Waals surface area contributed by atoms with E-state index in [1.807, 2.05) is 25.4 Å². The first-order valence-corrected chi connectivity index (χ1v) is 6.37. The Kier molecular flexibility index (Phi) is 3.70. The van der Waals surface area contributed by atoms with Crippen LogP contribution < -0.4 is 5.32 Å². The molecule has 0 aliphatic heterocycles. The van der Waals surface area contributed by atoms with Crippen molar-refractivity contribution in [2.24, 2.45) is 0 Å². The summed E-state index contributed by atoms with van der Waals surface area (Å²) >= 11 is 1.74. The molecule has 0 radical (unpaired) electrons. The minimum atomic E-state index is 0.334. The van der Waals surface area contributed by atoms with E-state index in [0.29, 0.717) is 12.0 Å². The van der Waals surface area contributed by atoms with E-state index >= 15 is 0 Å². The zero-order chi connectivity index (χ0) is 11.4. The molecule has 0 aliphatic carbocycles. The molecule has 0 spiro atoms. The lowest BCUT2D eigenvalue weighted by Crippen LogP contribution is -2.22. The van der Waals surface area contributed by atoms with Crippen molar-refractivity contribution < 1.29 is 0 Å². The molecule has 2 heterocycles. The van der Waals surface area contributed by atoms with Crippen LogP contribution in [-0.4, -0.2) is 12.0 Å². The predicted octanol–water partition coefficient (Wildman–Crippen LogP) is 3.21. The van der Waals surface area contributed by atoms with Gasteiger partial charge in [-0.25, -0.2) is 0 Å². The van der Waals surface area contributed by atoms with Gasteiger partial charge in [0.2, 0.25) is 0 Å². The first kappa shape index (κ1) is 11.3. The highest BCUT2D eigenvalue weighted by molar-refractivity contribution is 7.07. The number of rotatable bonds is 4. The van der Waals surface area contributed by atoms with Crippen LogP contribution >= 0.6 is 11.3 Å². The van der Waals surface area contributed by atoms with E-state index in [2.05, 4.69) is 40.1 Å². The van der Waals surface area contributed by atoms with Crippen molar-refractivity contribution in [3.63, 3.8) is 0 Å². The Morgan fingerprint density at radius 1 is 1.31 bits per heavy atom. The topological polar surface area (TPSA) is 24.9 Å². The Morgan fingerprint density at radius 3 is 2.75 bits per heavy atom. The number of aromatic nitrogens is 1. The van der Waals surface area contributed by atoms with Gasteiger partial charge in [-0.2, -0.15) is 11.3 Å². The summed E-state index contributed by atoms with van der Waals surface area (Å²) in [4.78, 5) is 4.42. The summed E-state index contributed by atoms with van der Waals surface area (Å²) < 4.78 is 0. The van der Waals surface area contributed by atoms with Crippen LogP contribution in [0, 0.1) is 0 Å². The Balaban J connectivity index is 2.23. The molecule has 0 saturated carbocycles. The molecule has 0 saturated heterocycles. The fourth-order valence-electron chi connectivity index (χ4n) is 1.97. The van der Waals surface area contributed by atoms with Gasteiger partial charge >= 0.3 is 0 Å². The molecule has 2 aromatic rings. The van der Waals surface area contributed by atoms with Gasteiger partial charge in [0.15, 0.2) is 0 Å². The van der Waals surface area contributed by atoms with Crippen molar-refractivity contribution >= 4 is 11.3 Å². The normalized spacial score (nSPS) is 14.6. The van der Waals surface area contributed by atoms with Gasteiger partial charge in [0.25, 0.3) is 0 Å². The van der Waals surface area contributed by atoms with E-state index in [1.165, 1.54) is 5.56 Å². The van der Waals surface area contributed by atoms with Crippen LogP contribution in [0.2, 0.25) is 0 Å². The number of pyridine rings is 1. The second-order valence-electron chi connectivity index (χ2n) is 3.87. The van der Waals surface area contributed by atoms with Crippen LogP contribution in [-0.2, 0) is 0 Å². The lowest BCUT2D eigenvalue weighted by Gasteiger charge is -2.22. The molecule has 2 nitrogen and oxygen atoms in total. The third-order valence-electron chi connectivity index (χ3n) is 2.87. The van der Waals surface area contributed by atoms with Gasteiger partial charge in [0, 0.05) is 23.9 Å². The highest BCUT2D eigenvalue weighted by Crippen LogP contribution is 2.30. The summed E-state index contributed by atoms with van der Waals surface area (Å²) in [7, 11) is 2.00. The zero-order valence-corrected chi connectivity index (χ0v) is 10.4. The maximum Gasteiger partial charge on any atom is 0.0450 e. The number of nitrogens with one attached hydrogen (secondary N) is 1. The number of hydrogen-bond donors (Lipinski definition) is 1. The van der Waals surface area contributed by atoms with Crippen LogP contribution in [0.5, 0.6) is 0 Å². The third kappa shape index (κ3) is 2.31. The summed E-state index contributed by atoms with van der Waals surface area (Å²) in [6.45, 7) is 2.21. The lowest BCUT2D eigenvalue weighted by molar-refractivity contribution is 0.500. The van der Waals surface area contributed by atoms with Crippen molar-refractivity contribution in [2.45, 2.75) is 18.9 Å². The third-order valence-corrected chi connectivity index (χ3v) is 3.57. The molecule has 16 heavy (non-hydrogen) atoms. The molecule has 84 valence electrons. The Morgan fingerprint density at radius 2 is 2.19 bits per heavy atom. The molecule has 0 fully saturated rings. The van der Waals surface area contributed by atoms with E-state index in [4.69, 9.17) is 0 Å². The van der Waals surface area contributed by atoms with E-state index in [9.17, 15) is 0 Å². The quantitative estimate of drug-likeness (QED) is 0.875. The van der Waals surface area contributed by atoms with E-state index in [0.717, 1.165) is 5.69 Å². The first-order chi connectivity index (χ1) is 7.83. The monoisotopic (exact) mass is 232 g/mol. The number of likely N-dealkylation sites (N-methyl/N-ethyl adjacent to an activating group) is 1. The molecule has 2 aromatic heterocycles. The maximum atomic E-state index is 4.42. The highest BCUT2D eigenvalue weighted by atomic mass is 32.1. The van der Waals surface area contributed by atoms with Crippen molar-refractivity contribution in [1.29, 1.82) is 0 Å². The second-order valence-corrected chi connectivity index (χ2v) is 4.65. The summed E-state index contributed by atoms with van der Waals surface area (Å²) in [6, 6.07) is 8.59. The lowest BCUT2D eigenvalue weighted by atomic mass is 9.93. The zero-order valence-electron chi connectivity index (χ0n) is 9.55. The van der Waals surface area contributed by atoms with Crippen LogP contribution in [0.25, 0.3) is 0 Å². The average Bonchev–Trinajstić information content (AvgIpc) is 2.85. The number of hydrogen-bond acceptors (Lipinski definition) is 3. The molecule has 0 bridgehead atoms. The second kappa shape index (κ2) is 5.23. The summed E-state index contributed by atoms with van der Waals surface area (Å²) in [5.41, 5.74) is 2.47. The van der Waals surface area contributed by atoms with E-state index in [1.54, 1.807) is 11.3 Å². The number of thiophene rings is 1. The average molecular weight is 232 g/mol. The Hall–Kier alpha value is -1.19. The van der Waals surface area contributed by atoms with Crippen LogP contribution in [0.15, 0.2) is 41.2 Å². The summed E-state index contributed by atoms with van der Waals surface area (Å²) in [5, 5.41) is 7.68. The summed E-state index contributed by atoms with van der Waals surface area (Å²) in [6.07, 6.45) is 1.85. The maximum absolute atomic E-state index is 4.42. The molecule has 0 amide bonds. The van der Waals surface area contributed by atoms with Gasteiger partial charge < -0.3 is 5.32 Å². The highest BCUT2D eigenvalue weighted by Gasteiger charge is 2.20. The fraction of sp³-hybridized carbons (Fsp3) is 0.308. The van der Waals surface area contributed by atoms with Crippen molar-refractivity contribution in [2.75, 3.05) is 7.05 Å². The van der Waals surface area contributed by atoms with Gasteiger partial charge in [0.1, 0.15) is 0 Å².